The molecule has 0 spiro atoms. The fraction of sp³-hybridized carbons (Fsp3) is 0.611. The van der Waals surface area contributed by atoms with Crippen molar-refractivity contribution in [2.75, 3.05) is 55.7 Å². The topological polar surface area (TPSA) is 51.1 Å². The Morgan fingerprint density at radius 2 is 2.16 bits per heavy atom. The summed E-state index contributed by atoms with van der Waals surface area (Å²) in [5.41, 5.74) is 0.542. The first-order valence-corrected chi connectivity index (χ1v) is 10.5. The Morgan fingerprint density at radius 1 is 1.36 bits per heavy atom. The third-order valence-electron chi connectivity index (χ3n) is 4.69. The zero-order chi connectivity index (χ0) is 17.7. The monoisotopic (exact) mass is 382 g/mol. The number of hydrogen-bond donors (Lipinski definition) is 2. The Morgan fingerprint density at radius 3 is 2.80 bits per heavy atom. The molecule has 0 amide bonds. The van der Waals surface area contributed by atoms with Crippen molar-refractivity contribution in [2.45, 2.75) is 18.9 Å². The van der Waals surface area contributed by atoms with Crippen LogP contribution < -0.4 is 10.2 Å². The van der Waals surface area contributed by atoms with Crippen molar-refractivity contribution in [1.82, 2.24) is 10.2 Å². The predicted octanol–water partition coefficient (Wildman–Crippen LogP) is 2.30. The van der Waals surface area contributed by atoms with Crippen LogP contribution in [0.3, 0.4) is 0 Å². The highest BCUT2D eigenvalue weighted by Crippen LogP contribution is 2.28. The van der Waals surface area contributed by atoms with Gasteiger partial charge in [0.1, 0.15) is 0 Å². The second-order valence-corrected chi connectivity index (χ2v) is 8.19. The Bertz CT molecular complexity index is 598. The number of aliphatic imine (C=N–C) groups is 1. The van der Waals surface area contributed by atoms with Gasteiger partial charge in [0.2, 0.25) is 0 Å². The number of thioether (sulfide) groups is 1. The summed E-state index contributed by atoms with van der Waals surface area (Å²) in [4.78, 5) is 9.37. The summed E-state index contributed by atoms with van der Waals surface area (Å²) in [5.74, 6) is 2.73. The van der Waals surface area contributed by atoms with E-state index in [9.17, 15) is 5.11 Å². The number of benzene rings is 1. The first kappa shape index (κ1) is 18.7. The predicted molar refractivity (Wildman–Crippen MR) is 108 cm³/mol. The fourth-order valence-electron chi connectivity index (χ4n) is 3.22. The number of anilines is 1. The van der Waals surface area contributed by atoms with Crippen LogP contribution in [-0.2, 0) is 0 Å². The number of guanidine groups is 1. The molecule has 3 rings (SSSR count). The molecule has 1 atom stereocenters. The van der Waals surface area contributed by atoms with Gasteiger partial charge in [0.25, 0.3) is 0 Å². The molecule has 138 valence electrons. The van der Waals surface area contributed by atoms with E-state index in [2.05, 4.69) is 28.1 Å². The van der Waals surface area contributed by atoms with Gasteiger partial charge in [-0.3, -0.25) is 4.99 Å². The molecule has 0 aromatic heterocycles. The van der Waals surface area contributed by atoms with Crippen molar-refractivity contribution < 1.29 is 5.11 Å². The van der Waals surface area contributed by atoms with E-state index in [-0.39, 0.29) is 0 Å². The summed E-state index contributed by atoms with van der Waals surface area (Å²) in [5, 5.41) is 14.7. The van der Waals surface area contributed by atoms with Crippen molar-refractivity contribution in [3.8, 4) is 0 Å². The van der Waals surface area contributed by atoms with Gasteiger partial charge in [-0.15, -0.1) is 0 Å². The molecule has 0 saturated carbocycles. The molecule has 1 aromatic carbocycles. The van der Waals surface area contributed by atoms with E-state index in [1.807, 2.05) is 30.0 Å². The highest BCUT2D eigenvalue weighted by atomic mass is 35.5. The Hall–Kier alpha value is -1.11. The maximum Gasteiger partial charge on any atom is 0.194 e. The minimum Gasteiger partial charge on any atom is -0.387 e. The van der Waals surface area contributed by atoms with Crippen LogP contribution in [0, 0.1) is 0 Å². The molecule has 1 aromatic rings. The summed E-state index contributed by atoms with van der Waals surface area (Å²) in [7, 11) is 0. The summed E-state index contributed by atoms with van der Waals surface area (Å²) < 4.78 is 0. The van der Waals surface area contributed by atoms with Crippen LogP contribution in [0.2, 0.25) is 5.02 Å². The van der Waals surface area contributed by atoms with Crippen molar-refractivity contribution >= 4 is 35.0 Å². The van der Waals surface area contributed by atoms with E-state index in [1.165, 1.54) is 5.69 Å². The van der Waals surface area contributed by atoms with Crippen LogP contribution in [-0.4, -0.2) is 72.3 Å². The molecule has 2 aliphatic rings. The highest BCUT2D eigenvalue weighted by molar-refractivity contribution is 7.99. The van der Waals surface area contributed by atoms with Gasteiger partial charge in [0, 0.05) is 49.2 Å². The first-order chi connectivity index (χ1) is 12.1. The number of aliphatic hydroxyl groups is 1. The molecule has 1 unspecified atom stereocenters. The Labute approximate surface area is 159 Å². The number of rotatable bonds is 4. The van der Waals surface area contributed by atoms with E-state index >= 15 is 0 Å². The molecule has 2 N–H and O–H groups in total. The molecular weight excluding hydrogens is 356 g/mol. The molecular formula is C18H27ClN4OS. The maximum absolute atomic E-state index is 10.5. The quantitative estimate of drug-likeness (QED) is 0.618. The molecule has 2 heterocycles. The van der Waals surface area contributed by atoms with E-state index in [1.54, 1.807) is 0 Å². The summed E-state index contributed by atoms with van der Waals surface area (Å²) >= 11 is 7.92. The van der Waals surface area contributed by atoms with E-state index in [0.717, 1.165) is 61.6 Å². The Balaban J connectivity index is 1.60. The van der Waals surface area contributed by atoms with Crippen LogP contribution in [0.4, 0.5) is 5.69 Å². The molecule has 2 aliphatic heterocycles. The van der Waals surface area contributed by atoms with Gasteiger partial charge in [-0.1, -0.05) is 17.7 Å². The first-order valence-electron chi connectivity index (χ1n) is 8.93. The second kappa shape index (κ2) is 8.52. The summed E-state index contributed by atoms with van der Waals surface area (Å²) in [6.07, 6.45) is 0.836. The number of nitrogens with one attached hydrogen (secondary N) is 1. The third kappa shape index (κ3) is 4.96. The lowest BCUT2D eigenvalue weighted by Crippen LogP contribution is -2.53. The van der Waals surface area contributed by atoms with Crippen molar-refractivity contribution in [3.05, 3.63) is 29.3 Å². The van der Waals surface area contributed by atoms with Gasteiger partial charge in [-0.05, 0) is 37.3 Å². The molecule has 2 fully saturated rings. The van der Waals surface area contributed by atoms with E-state index in [0.29, 0.717) is 6.54 Å². The molecule has 25 heavy (non-hydrogen) atoms. The number of hydrogen-bond acceptors (Lipinski definition) is 4. The third-order valence-corrected chi connectivity index (χ3v) is 6.16. The molecule has 2 saturated heterocycles. The summed E-state index contributed by atoms with van der Waals surface area (Å²) in [6, 6.07) is 8.02. The lowest BCUT2D eigenvalue weighted by molar-refractivity contribution is 0.0775. The van der Waals surface area contributed by atoms with Crippen LogP contribution in [0.5, 0.6) is 0 Å². The SMILES string of the molecule is CCNC(=NCC1(O)CCSC1)N1CCN(c2cccc(Cl)c2)CC1. The summed E-state index contributed by atoms with van der Waals surface area (Å²) in [6.45, 7) is 7.09. The minimum absolute atomic E-state index is 0.483. The van der Waals surface area contributed by atoms with Gasteiger partial charge in [-0.25, -0.2) is 0 Å². The number of piperazine rings is 1. The van der Waals surface area contributed by atoms with Crippen molar-refractivity contribution in [1.29, 1.82) is 0 Å². The minimum atomic E-state index is -0.631. The highest BCUT2D eigenvalue weighted by Gasteiger charge is 2.32. The standard InChI is InChI=1S/C18H27ClN4OS/c1-2-20-17(21-13-18(24)6-11-25-14-18)23-9-7-22(8-10-23)16-5-3-4-15(19)12-16/h3-5,12,24H,2,6-11,13-14H2,1H3,(H,20,21). The van der Waals surface area contributed by atoms with Gasteiger partial charge in [0.15, 0.2) is 5.96 Å². The van der Waals surface area contributed by atoms with Crippen LogP contribution in [0.15, 0.2) is 29.3 Å². The maximum atomic E-state index is 10.5. The second-order valence-electron chi connectivity index (χ2n) is 6.65. The average molecular weight is 383 g/mol. The number of halogens is 1. The fourth-order valence-corrected chi connectivity index (χ4v) is 4.69. The lowest BCUT2D eigenvalue weighted by Gasteiger charge is -2.38. The van der Waals surface area contributed by atoms with Gasteiger partial charge >= 0.3 is 0 Å². The Kier molecular flexibility index (Phi) is 6.36. The number of nitrogens with zero attached hydrogens (tertiary/aromatic N) is 3. The van der Waals surface area contributed by atoms with Crippen molar-refractivity contribution in [3.63, 3.8) is 0 Å². The smallest absolute Gasteiger partial charge is 0.194 e. The molecule has 0 radical (unpaired) electrons. The molecule has 7 heteroatoms. The lowest BCUT2D eigenvalue weighted by atomic mass is 10.0. The van der Waals surface area contributed by atoms with Crippen molar-refractivity contribution in [2.24, 2.45) is 4.99 Å². The molecule has 0 aliphatic carbocycles. The van der Waals surface area contributed by atoms with Crippen LogP contribution in [0.25, 0.3) is 0 Å². The van der Waals surface area contributed by atoms with E-state index < -0.39 is 5.60 Å². The molecule has 0 bridgehead atoms. The van der Waals surface area contributed by atoms with Gasteiger partial charge in [-0.2, -0.15) is 11.8 Å². The zero-order valence-electron chi connectivity index (χ0n) is 14.7. The van der Waals surface area contributed by atoms with Gasteiger partial charge in [0.05, 0.1) is 12.1 Å². The zero-order valence-corrected chi connectivity index (χ0v) is 16.3. The average Bonchev–Trinajstić information content (AvgIpc) is 3.06. The van der Waals surface area contributed by atoms with Gasteiger partial charge < -0.3 is 20.2 Å². The van der Waals surface area contributed by atoms with Crippen LogP contribution in [0.1, 0.15) is 13.3 Å². The van der Waals surface area contributed by atoms with Crippen LogP contribution >= 0.6 is 23.4 Å². The molecule has 5 nitrogen and oxygen atoms in total. The largest absolute Gasteiger partial charge is 0.387 e. The normalized spacial score (nSPS) is 24.7. The van der Waals surface area contributed by atoms with E-state index in [4.69, 9.17) is 16.6 Å².